The van der Waals surface area contributed by atoms with Crippen LogP contribution in [0.5, 0.6) is 0 Å². The summed E-state index contributed by atoms with van der Waals surface area (Å²) in [6, 6.07) is 4.78. The third kappa shape index (κ3) is 3.03. The fraction of sp³-hybridized carbons (Fsp3) is 0.538. The van der Waals surface area contributed by atoms with Crippen LogP contribution in [0.4, 0.5) is 11.5 Å². The molecule has 2 heterocycles. The SMILES string of the molecule is CNCC1CCN(c2ccc([N+](=O)[O-])c(C#N)n2)CC1. The molecule has 0 spiro atoms. The van der Waals surface area contributed by atoms with Crippen LogP contribution in [0.1, 0.15) is 18.5 Å². The minimum absolute atomic E-state index is 0.121. The highest BCUT2D eigenvalue weighted by Crippen LogP contribution is 2.24. The maximum absolute atomic E-state index is 10.8. The third-order valence-corrected chi connectivity index (χ3v) is 3.59. The van der Waals surface area contributed by atoms with E-state index < -0.39 is 4.92 Å². The number of piperidine rings is 1. The van der Waals surface area contributed by atoms with Gasteiger partial charge in [0, 0.05) is 19.2 Å². The van der Waals surface area contributed by atoms with Crippen LogP contribution in [-0.2, 0) is 0 Å². The van der Waals surface area contributed by atoms with E-state index in [1.807, 2.05) is 7.05 Å². The fourth-order valence-electron chi connectivity index (χ4n) is 2.50. The molecule has 7 heteroatoms. The van der Waals surface area contributed by atoms with E-state index in [1.165, 1.54) is 6.07 Å². The molecule has 0 aromatic carbocycles. The molecule has 1 aliphatic heterocycles. The van der Waals surface area contributed by atoms with Gasteiger partial charge in [0.05, 0.1) is 4.92 Å². The lowest BCUT2D eigenvalue weighted by Gasteiger charge is -2.32. The predicted octanol–water partition coefficient (Wildman–Crippen LogP) is 1.30. The van der Waals surface area contributed by atoms with Gasteiger partial charge in [-0.2, -0.15) is 5.26 Å². The molecule has 0 amide bonds. The summed E-state index contributed by atoms with van der Waals surface area (Å²) in [4.78, 5) is 16.4. The molecule has 20 heavy (non-hydrogen) atoms. The van der Waals surface area contributed by atoms with Crippen molar-refractivity contribution in [3.8, 4) is 6.07 Å². The van der Waals surface area contributed by atoms with Crippen molar-refractivity contribution >= 4 is 11.5 Å². The first-order valence-corrected chi connectivity index (χ1v) is 6.60. The van der Waals surface area contributed by atoms with Crippen molar-refractivity contribution in [2.24, 2.45) is 5.92 Å². The lowest BCUT2D eigenvalue weighted by atomic mass is 9.97. The molecule has 0 saturated carbocycles. The van der Waals surface area contributed by atoms with Crippen molar-refractivity contribution in [2.45, 2.75) is 12.8 Å². The Morgan fingerprint density at radius 1 is 1.55 bits per heavy atom. The Morgan fingerprint density at radius 3 is 2.80 bits per heavy atom. The van der Waals surface area contributed by atoms with Gasteiger partial charge in [-0.3, -0.25) is 10.1 Å². The van der Waals surface area contributed by atoms with Crippen molar-refractivity contribution in [2.75, 3.05) is 31.6 Å². The molecule has 0 atom stereocenters. The van der Waals surface area contributed by atoms with Gasteiger partial charge in [0.2, 0.25) is 5.69 Å². The second-order valence-corrected chi connectivity index (χ2v) is 4.89. The summed E-state index contributed by atoms with van der Waals surface area (Å²) in [5, 5.41) is 22.9. The van der Waals surface area contributed by atoms with Gasteiger partial charge in [0.25, 0.3) is 0 Å². The molecule has 0 unspecified atom stereocenters. The number of hydrogen-bond donors (Lipinski definition) is 1. The summed E-state index contributed by atoms with van der Waals surface area (Å²) in [5.74, 6) is 1.31. The first kappa shape index (κ1) is 14.2. The van der Waals surface area contributed by atoms with Crippen molar-refractivity contribution < 1.29 is 4.92 Å². The Balaban J connectivity index is 2.11. The zero-order valence-electron chi connectivity index (χ0n) is 11.4. The maximum Gasteiger partial charge on any atom is 0.305 e. The van der Waals surface area contributed by atoms with E-state index in [0.717, 1.165) is 32.5 Å². The van der Waals surface area contributed by atoms with Gasteiger partial charge in [0.15, 0.2) is 0 Å². The van der Waals surface area contributed by atoms with Gasteiger partial charge < -0.3 is 10.2 Å². The highest BCUT2D eigenvalue weighted by atomic mass is 16.6. The van der Waals surface area contributed by atoms with Crippen LogP contribution in [0.15, 0.2) is 12.1 Å². The second kappa shape index (κ2) is 6.30. The van der Waals surface area contributed by atoms with Gasteiger partial charge in [-0.15, -0.1) is 0 Å². The molecule has 1 aromatic rings. The molecule has 106 valence electrons. The summed E-state index contributed by atoms with van der Waals surface area (Å²) in [7, 11) is 1.95. The van der Waals surface area contributed by atoms with Gasteiger partial charge in [-0.05, 0) is 38.4 Å². The molecular formula is C13H17N5O2. The first-order chi connectivity index (χ1) is 9.65. The van der Waals surface area contributed by atoms with E-state index in [1.54, 1.807) is 12.1 Å². The Hall–Kier alpha value is -2.20. The van der Waals surface area contributed by atoms with Crippen LogP contribution in [0, 0.1) is 27.4 Å². The Bertz CT molecular complexity index is 532. The van der Waals surface area contributed by atoms with Gasteiger partial charge in [0.1, 0.15) is 11.9 Å². The highest BCUT2D eigenvalue weighted by Gasteiger charge is 2.22. The van der Waals surface area contributed by atoms with Crippen LogP contribution in [0.25, 0.3) is 0 Å². The number of nitrogens with one attached hydrogen (secondary N) is 1. The van der Waals surface area contributed by atoms with E-state index in [0.29, 0.717) is 11.7 Å². The topological polar surface area (TPSA) is 95.1 Å². The second-order valence-electron chi connectivity index (χ2n) is 4.89. The third-order valence-electron chi connectivity index (χ3n) is 3.59. The normalized spacial score (nSPS) is 15.9. The molecule has 0 aliphatic carbocycles. The quantitative estimate of drug-likeness (QED) is 0.657. The van der Waals surface area contributed by atoms with Crippen LogP contribution in [0.3, 0.4) is 0 Å². The largest absolute Gasteiger partial charge is 0.357 e. The highest BCUT2D eigenvalue weighted by molar-refractivity contribution is 5.51. The number of pyridine rings is 1. The molecule has 7 nitrogen and oxygen atoms in total. The smallest absolute Gasteiger partial charge is 0.305 e. The lowest BCUT2D eigenvalue weighted by Crippen LogP contribution is -2.37. The van der Waals surface area contributed by atoms with Crippen molar-refractivity contribution in [3.05, 3.63) is 27.9 Å². The number of aromatic nitrogens is 1. The maximum atomic E-state index is 10.8. The summed E-state index contributed by atoms with van der Waals surface area (Å²) >= 11 is 0. The molecule has 2 rings (SSSR count). The van der Waals surface area contributed by atoms with Crippen LogP contribution in [-0.4, -0.2) is 36.6 Å². The van der Waals surface area contributed by atoms with E-state index >= 15 is 0 Å². The summed E-state index contributed by atoms with van der Waals surface area (Å²) in [5.41, 5.74) is -0.355. The van der Waals surface area contributed by atoms with Crippen molar-refractivity contribution in [1.29, 1.82) is 5.26 Å². The van der Waals surface area contributed by atoms with E-state index in [2.05, 4.69) is 15.2 Å². The molecule has 0 radical (unpaired) electrons. The van der Waals surface area contributed by atoms with Crippen molar-refractivity contribution in [1.82, 2.24) is 10.3 Å². The number of nitrogens with zero attached hydrogens (tertiary/aromatic N) is 4. The summed E-state index contributed by atoms with van der Waals surface area (Å²) in [6.45, 7) is 2.73. The Kier molecular flexibility index (Phi) is 4.48. The monoisotopic (exact) mass is 275 g/mol. The van der Waals surface area contributed by atoms with Gasteiger partial charge in [-0.1, -0.05) is 0 Å². The van der Waals surface area contributed by atoms with E-state index in [9.17, 15) is 10.1 Å². The lowest BCUT2D eigenvalue weighted by molar-refractivity contribution is -0.385. The predicted molar refractivity (Wildman–Crippen MR) is 74.5 cm³/mol. The van der Waals surface area contributed by atoms with Crippen LogP contribution in [0.2, 0.25) is 0 Å². The minimum atomic E-state index is -0.575. The number of anilines is 1. The van der Waals surface area contributed by atoms with Crippen LogP contribution < -0.4 is 10.2 Å². The fourth-order valence-corrected chi connectivity index (χ4v) is 2.50. The van der Waals surface area contributed by atoms with E-state index in [-0.39, 0.29) is 11.4 Å². The average molecular weight is 275 g/mol. The standard InChI is InChI=1S/C13H17N5O2/c1-15-9-10-4-6-17(7-5-10)13-3-2-12(18(19)20)11(8-14)16-13/h2-3,10,15H,4-7,9H2,1H3. The average Bonchev–Trinajstić information content (AvgIpc) is 2.47. The number of nitriles is 1. The zero-order chi connectivity index (χ0) is 14.5. The number of rotatable bonds is 4. The molecule has 0 bridgehead atoms. The molecular weight excluding hydrogens is 258 g/mol. The summed E-state index contributed by atoms with van der Waals surface area (Å²) < 4.78 is 0. The molecule has 1 aliphatic rings. The number of hydrogen-bond acceptors (Lipinski definition) is 6. The molecule has 1 aromatic heterocycles. The molecule has 1 N–H and O–H groups in total. The van der Waals surface area contributed by atoms with Crippen molar-refractivity contribution in [3.63, 3.8) is 0 Å². The Labute approximate surface area is 117 Å². The molecule has 1 saturated heterocycles. The van der Waals surface area contributed by atoms with Gasteiger partial charge >= 0.3 is 5.69 Å². The summed E-state index contributed by atoms with van der Waals surface area (Å²) in [6.07, 6.45) is 2.11. The zero-order valence-corrected chi connectivity index (χ0v) is 11.4. The molecule has 1 fully saturated rings. The first-order valence-electron chi connectivity index (χ1n) is 6.60. The number of nitro groups is 1. The van der Waals surface area contributed by atoms with Crippen LogP contribution >= 0.6 is 0 Å². The minimum Gasteiger partial charge on any atom is -0.357 e. The van der Waals surface area contributed by atoms with E-state index in [4.69, 9.17) is 5.26 Å². The Morgan fingerprint density at radius 2 is 2.25 bits per heavy atom. The van der Waals surface area contributed by atoms with Gasteiger partial charge in [-0.25, -0.2) is 4.98 Å².